The Bertz CT molecular complexity index is 544. The maximum absolute atomic E-state index is 12.0. The predicted molar refractivity (Wildman–Crippen MR) is 71.6 cm³/mol. The minimum Gasteiger partial charge on any atom is -0.480 e. The Balaban J connectivity index is 2.06. The van der Waals surface area contributed by atoms with E-state index in [9.17, 15) is 18.9 Å². The summed E-state index contributed by atoms with van der Waals surface area (Å²) in [5.41, 5.74) is 1.42. The lowest BCUT2D eigenvalue weighted by Crippen LogP contribution is -2.52. The average Bonchev–Trinajstić information content (AvgIpc) is 2.83. The van der Waals surface area contributed by atoms with Crippen LogP contribution < -0.4 is 5.32 Å². The van der Waals surface area contributed by atoms with E-state index in [-0.39, 0.29) is 19.5 Å². The fourth-order valence-corrected chi connectivity index (χ4v) is 2.46. The normalized spacial score (nSPS) is 19.2. The average molecular weight is 300 g/mol. The summed E-state index contributed by atoms with van der Waals surface area (Å²) < 4.78 is 10.9. The molecule has 9 heteroatoms. The van der Waals surface area contributed by atoms with Crippen LogP contribution in [0.2, 0.25) is 0 Å². The Morgan fingerprint density at radius 3 is 3.05 bits per heavy atom. The molecule has 110 valence electrons. The topological polar surface area (TPSA) is 115 Å². The Kier molecular flexibility index (Phi) is 4.38. The fraction of sp³-hybridized carbons (Fsp3) is 0.545. The number of carbonyl (C=O) groups is 2. The lowest BCUT2D eigenvalue weighted by molar-refractivity contribution is -0.142. The first kappa shape index (κ1) is 14.5. The number of nitrogens with zero attached hydrogens (tertiary/aromatic N) is 2. The predicted octanol–water partition coefficient (Wildman–Crippen LogP) is -0.691. The summed E-state index contributed by atoms with van der Waals surface area (Å²) in [5.74, 6) is -0.722. The molecule has 8 nitrogen and oxygen atoms in total. The summed E-state index contributed by atoms with van der Waals surface area (Å²) >= 11 is 0. The van der Waals surface area contributed by atoms with Crippen LogP contribution in [0.3, 0.4) is 0 Å². The number of aromatic amines is 1. The molecule has 1 aromatic rings. The number of carboxylic acids is 1. The second-order valence-corrected chi connectivity index (χ2v) is 6.08. The van der Waals surface area contributed by atoms with Gasteiger partial charge in [0.2, 0.25) is 0 Å². The Morgan fingerprint density at radius 2 is 2.40 bits per heavy atom. The third-order valence-corrected chi connectivity index (χ3v) is 3.89. The summed E-state index contributed by atoms with van der Waals surface area (Å²) in [5, 5.41) is 11.8. The summed E-state index contributed by atoms with van der Waals surface area (Å²) in [6.07, 6.45) is 3.22. The van der Waals surface area contributed by atoms with Gasteiger partial charge < -0.3 is 20.3 Å². The van der Waals surface area contributed by atoms with Crippen molar-refractivity contribution in [1.82, 2.24) is 20.2 Å². The molecule has 2 amide bonds. The zero-order valence-corrected chi connectivity index (χ0v) is 11.8. The molecule has 0 aliphatic carbocycles. The zero-order valence-electron chi connectivity index (χ0n) is 11.0. The van der Waals surface area contributed by atoms with Crippen LogP contribution in [0.4, 0.5) is 4.79 Å². The van der Waals surface area contributed by atoms with E-state index in [1.807, 2.05) is 0 Å². The molecular formula is C11H16N4O4S. The summed E-state index contributed by atoms with van der Waals surface area (Å²) in [6, 6.07) is -1.40. The largest absolute Gasteiger partial charge is 0.480 e. The highest BCUT2D eigenvalue weighted by Gasteiger charge is 2.35. The summed E-state index contributed by atoms with van der Waals surface area (Å²) in [6.45, 7) is 0.425. The van der Waals surface area contributed by atoms with E-state index < -0.39 is 28.8 Å². The molecule has 0 saturated heterocycles. The molecule has 0 spiro atoms. The molecule has 20 heavy (non-hydrogen) atoms. The molecule has 1 aliphatic heterocycles. The van der Waals surface area contributed by atoms with E-state index in [1.54, 1.807) is 6.26 Å². The van der Waals surface area contributed by atoms with Gasteiger partial charge >= 0.3 is 12.0 Å². The van der Waals surface area contributed by atoms with Gasteiger partial charge in [-0.3, -0.25) is 4.21 Å². The van der Waals surface area contributed by atoms with Crippen molar-refractivity contribution in [3.8, 4) is 0 Å². The SMILES string of the molecule is CS(=O)CCNC(=O)N1Cc2[nH]cnc2CC1C(=O)O. The number of nitrogens with one attached hydrogen (secondary N) is 2. The Labute approximate surface area is 118 Å². The first-order valence-electron chi connectivity index (χ1n) is 6.07. The number of aliphatic carboxylic acids is 1. The molecular weight excluding hydrogens is 284 g/mol. The molecule has 0 fully saturated rings. The van der Waals surface area contributed by atoms with E-state index >= 15 is 0 Å². The number of rotatable bonds is 4. The second-order valence-electron chi connectivity index (χ2n) is 4.52. The van der Waals surface area contributed by atoms with Crippen molar-refractivity contribution < 1.29 is 18.9 Å². The number of carbonyl (C=O) groups excluding carboxylic acids is 1. The number of hydrogen-bond acceptors (Lipinski definition) is 4. The van der Waals surface area contributed by atoms with E-state index in [4.69, 9.17) is 0 Å². The molecule has 1 aliphatic rings. The lowest BCUT2D eigenvalue weighted by Gasteiger charge is -2.32. The van der Waals surface area contributed by atoms with Gasteiger partial charge in [0.15, 0.2) is 0 Å². The number of amides is 2. The number of H-pyrrole nitrogens is 1. The van der Waals surface area contributed by atoms with Crippen molar-refractivity contribution in [2.75, 3.05) is 18.6 Å². The molecule has 2 heterocycles. The number of aromatic nitrogens is 2. The highest BCUT2D eigenvalue weighted by Crippen LogP contribution is 2.20. The van der Waals surface area contributed by atoms with Crippen molar-refractivity contribution in [1.29, 1.82) is 0 Å². The number of carboxylic acid groups (broad SMARTS) is 1. The van der Waals surface area contributed by atoms with Crippen LogP contribution >= 0.6 is 0 Å². The highest BCUT2D eigenvalue weighted by molar-refractivity contribution is 7.84. The minimum absolute atomic E-state index is 0.174. The molecule has 3 N–H and O–H groups in total. The Hall–Kier alpha value is -1.90. The maximum Gasteiger partial charge on any atom is 0.326 e. The third kappa shape index (κ3) is 3.16. The molecule has 0 aromatic carbocycles. The monoisotopic (exact) mass is 300 g/mol. The zero-order chi connectivity index (χ0) is 14.7. The summed E-state index contributed by atoms with van der Waals surface area (Å²) in [7, 11) is -1.00. The van der Waals surface area contributed by atoms with Gasteiger partial charge in [-0.25, -0.2) is 14.6 Å². The lowest BCUT2D eigenvalue weighted by atomic mass is 10.0. The van der Waals surface area contributed by atoms with E-state index in [0.29, 0.717) is 11.4 Å². The van der Waals surface area contributed by atoms with Crippen molar-refractivity contribution in [3.05, 3.63) is 17.7 Å². The Morgan fingerprint density at radius 1 is 1.65 bits per heavy atom. The van der Waals surface area contributed by atoms with Gasteiger partial charge in [-0.1, -0.05) is 0 Å². The maximum atomic E-state index is 12.0. The van der Waals surface area contributed by atoms with Crippen LogP contribution in [-0.2, 0) is 28.6 Å². The first-order valence-corrected chi connectivity index (χ1v) is 7.80. The van der Waals surface area contributed by atoms with Crippen LogP contribution in [0.15, 0.2) is 6.33 Å². The number of urea groups is 1. The van der Waals surface area contributed by atoms with Gasteiger partial charge in [-0.05, 0) is 0 Å². The fourth-order valence-electron chi connectivity index (χ4n) is 2.07. The van der Waals surface area contributed by atoms with Crippen molar-refractivity contribution in [2.45, 2.75) is 19.0 Å². The van der Waals surface area contributed by atoms with Crippen molar-refractivity contribution in [2.24, 2.45) is 0 Å². The van der Waals surface area contributed by atoms with Crippen LogP contribution in [0, 0.1) is 0 Å². The quantitative estimate of drug-likeness (QED) is 0.680. The number of hydrogen-bond donors (Lipinski definition) is 3. The second kappa shape index (κ2) is 6.04. The molecule has 2 atom stereocenters. The molecule has 1 aromatic heterocycles. The van der Waals surface area contributed by atoms with Gasteiger partial charge in [-0.2, -0.15) is 0 Å². The van der Waals surface area contributed by atoms with E-state index in [1.165, 1.54) is 11.2 Å². The van der Waals surface area contributed by atoms with E-state index in [2.05, 4.69) is 15.3 Å². The van der Waals surface area contributed by atoms with Gasteiger partial charge in [0, 0.05) is 35.8 Å². The summed E-state index contributed by atoms with van der Waals surface area (Å²) in [4.78, 5) is 31.5. The number of fused-ring (bicyclic) bond motifs is 1. The van der Waals surface area contributed by atoms with Crippen LogP contribution in [0.25, 0.3) is 0 Å². The minimum atomic E-state index is -1.06. The van der Waals surface area contributed by atoms with Crippen LogP contribution in [0.1, 0.15) is 11.4 Å². The van der Waals surface area contributed by atoms with Gasteiger partial charge in [0.1, 0.15) is 6.04 Å². The van der Waals surface area contributed by atoms with Crippen LogP contribution in [-0.4, -0.2) is 60.8 Å². The molecule has 0 radical (unpaired) electrons. The van der Waals surface area contributed by atoms with Gasteiger partial charge in [0.05, 0.1) is 24.3 Å². The molecule has 2 rings (SSSR count). The van der Waals surface area contributed by atoms with Crippen LogP contribution in [0.5, 0.6) is 0 Å². The van der Waals surface area contributed by atoms with Crippen molar-refractivity contribution in [3.63, 3.8) is 0 Å². The van der Waals surface area contributed by atoms with Gasteiger partial charge in [-0.15, -0.1) is 0 Å². The van der Waals surface area contributed by atoms with E-state index in [0.717, 1.165) is 5.69 Å². The standard InChI is InChI=1S/C11H16N4O4S/c1-20(19)3-2-12-11(18)15-5-8-7(13-6-14-8)4-9(15)10(16)17/h6,9H,2-5H2,1H3,(H,12,18)(H,13,14)(H,16,17). The van der Waals surface area contributed by atoms with Crippen molar-refractivity contribution >= 4 is 22.8 Å². The highest BCUT2D eigenvalue weighted by atomic mass is 32.2. The third-order valence-electron chi connectivity index (χ3n) is 3.11. The first-order chi connectivity index (χ1) is 9.49. The van der Waals surface area contributed by atoms with Gasteiger partial charge in [0.25, 0.3) is 0 Å². The molecule has 0 bridgehead atoms. The smallest absolute Gasteiger partial charge is 0.326 e. The number of imidazole rings is 1. The molecule has 0 saturated carbocycles. The molecule has 2 unspecified atom stereocenters.